The number of guanidine groups is 1. The van der Waals surface area contributed by atoms with E-state index in [1.165, 1.54) is 38.8 Å². The highest BCUT2D eigenvalue weighted by molar-refractivity contribution is 5.80. The van der Waals surface area contributed by atoms with Gasteiger partial charge in [0.25, 0.3) is 0 Å². The van der Waals surface area contributed by atoms with E-state index in [0.717, 1.165) is 44.7 Å². The molecule has 3 rings (SSSR count). The molecule has 3 heterocycles. The van der Waals surface area contributed by atoms with Crippen LogP contribution in [0.4, 0.5) is 0 Å². The summed E-state index contributed by atoms with van der Waals surface area (Å²) in [6.07, 6.45) is 5.14. The van der Waals surface area contributed by atoms with E-state index in [-0.39, 0.29) is 0 Å². The maximum Gasteiger partial charge on any atom is 0.193 e. The van der Waals surface area contributed by atoms with Crippen molar-refractivity contribution in [1.82, 2.24) is 15.1 Å². The maximum atomic E-state index is 5.64. The molecule has 1 N–H and O–H groups in total. The molecule has 5 heteroatoms. The van der Waals surface area contributed by atoms with Gasteiger partial charge in [0, 0.05) is 44.7 Å². The lowest BCUT2D eigenvalue weighted by Crippen LogP contribution is -2.49. The third kappa shape index (κ3) is 4.00. The third-order valence-electron chi connectivity index (χ3n) is 6.13. The first-order valence-electron chi connectivity index (χ1n) is 9.39. The Morgan fingerprint density at radius 1 is 1.30 bits per heavy atom. The zero-order chi connectivity index (χ0) is 16.3. The minimum Gasteiger partial charge on any atom is -0.381 e. The quantitative estimate of drug-likeness (QED) is 0.635. The molecule has 0 aromatic heterocycles. The molecule has 23 heavy (non-hydrogen) atoms. The molecule has 3 saturated heterocycles. The normalized spacial score (nSPS) is 32.0. The fourth-order valence-corrected chi connectivity index (χ4v) is 4.26. The van der Waals surface area contributed by atoms with Gasteiger partial charge in [-0.2, -0.15) is 0 Å². The average molecular weight is 322 g/mol. The van der Waals surface area contributed by atoms with Crippen molar-refractivity contribution in [2.75, 3.05) is 53.0 Å². The molecular formula is C18H34N4O. The van der Waals surface area contributed by atoms with E-state index in [1.807, 2.05) is 7.05 Å². The summed E-state index contributed by atoms with van der Waals surface area (Å²) in [7, 11) is 1.91. The van der Waals surface area contributed by atoms with Crippen molar-refractivity contribution in [1.29, 1.82) is 0 Å². The van der Waals surface area contributed by atoms with Crippen LogP contribution in [0, 0.1) is 11.3 Å². The molecule has 0 aliphatic carbocycles. The van der Waals surface area contributed by atoms with E-state index in [1.54, 1.807) is 0 Å². The van der Waals surface area contributed by atoms with Crippen LogP contribution in [-0.4, -0.2) is 74.8 Å². The number of aliphatic imine (C=N–C) groups is 1. The molecule has 0 aromatic carbocycles. The number of piperidine rings is 1. The van der Waals surface area contributed by atoms with Gasteiger partial charge in [-0.15, -0.1) is 0 Å². The zero-order valence-corrected chi connectivity index (χ0v) is 15.2. The molecule has 132 valence electrons. The van der Waals surface area contributed by atoms with E-state index in [0.29, 0.717) is 11.5 Å². The molecule has 3 aliphatic heterocycles. The Hall–Kier alpha value is -0.810. The molecule has 3 fully saturated rings. The highest BCUT2D eigenvalue weighted by Gasteiger charge is 2.42. The van der Waals surface area contributed by atoms with Crippen LogP contribution >= 0.6 is 0 Å². The first kappa shape index (κ1) is 17.0. The second-order valence-corrected chi connectivity index (χ2v) is 7.97. The number of nitrogens with zero attached hydrogens (tertiary/aromatic N) is 3. The fraction of sp³-hybridized carbons (Fsp3) is 0.944. The lowest BCUT2D eigenvalue weighted by molar-refractivity contribution is 0.146. The van der Waals surface area contributed by atoms with E-state index in [9.17, 15) is 0 Å². The summed E-state index contributed by atoms with van der Waals surface area (Å²) >= 11 is 0. The van der Waals surface area contributed by atoms with Crippen molar-refractivity contribution in [3.05, 3.63) is 0 Å². The highest BCUT2D eigenvalue weighted by atomic mass is 16.5. The number of likely N-dealkylation sites (tertiary alicyclic amines) is 2. The largest absolute Gasteiger partial charge is 0.381 e. The second kappa shape index (κ2) is 7.39. The summed E-state index contributed by atoms with van der Waals surface area (Å²) in [6, 6.07) is 0.575. The molecule has 3 aliphatic rings. The van der Waals surface area contributed by atoms with Crippen LogP contribution in [0.5, 0.6) is 0 Å². The van der Waals surface area contributed by atoms with Crippen molar-refractivity contribution >= 4 is 5.96 Å². The van der Waals surface area contributed by atoms with Crippen molar-refractivity contribution in [3.8, 4) is 0 Å². The van der Waals surface area contributed by atoms with Gasteiger partial charge in [0.1, 0.15) is 0 Å². The Labute approximate surface area is 141 Å². The second-order valence-electron chi connectivity index (χ2n) is 7.97. The van der Waals surface area contributed by atoms with Crippen molar-refractivity contribution < 1.29 is 4.74 Å². The molecule has 2 unspecified atom stereocenters. The Kier molecular flexibility index (Phi) is 5.47. The summed E-state index contributed by atoms with van der Waals surface area (Å²) in [5.74, 6) is 1.97. The van der Waals surface area contributed by atoms with Gasteiger partial charge < -0.3 is 15.0 Å². The first-order chi connectivity index (χ1) is 11.1. The molecule has 5 nitrogen and oxygen atoms in total. The Morgan fingerprint density at radius 2 is 2.09 bits per heavy atom. The summed E-state index contributed by atoms with van der Waals surface area (Å²) < 4.78 is 5.64. The predicted octanol–water partition coefficient (Wildman–Crippen LogP) is 1.79. The van der Waals surface area contributed by atoms with Gasteiger partial charge in [-0.05, 0) is 51.6 Å². The number of rotatable bonds is 3. The van der Waals surface area contributed by atoms with Crippen molar-refractivity contribution in [2.45, 2.75) is 45.6 Å². The summed E-state index contributed by atoms with van der Waals surface area (Å²) in [4.78, 5) is 9.58. The predicted molar refractivity (Wildman–Crippen MR) is 94.9 cm³/mol. The Bertz CT molecular complexity index is 411. The summed E-state index contributed by atoms with van der Waals surface area (Å²) in [6.45, 7) is 12.3. The number of nitrogens with one attached hydrogen (secondary N) is 1. The minimum absolute atomic E-state index is 0.395. The van der Waals surface area contributed by atoms with Gasteiger partial charge in [0.2, 0.25) is 0 Å². The van der Waals surface area contributed by atoms with Gasteiger partial charge in [-0.3, -0.25) is 9.89 Å². The third-order valence-corrected chi connectivity index (χ3v) is 6.13. The molecule has 0 amide bonds. The van der Waals surface area contributed by atoms with Crippen LogP contribution in [0.2, 0.25) is 0 Å². The van der Waals surface area contributed by atoms with Gasteiger partial charge in [-0.1, -0.05) is 6.92 Å². The van der Waals surface area contributed by atoms with Crippen LogP contribution in [0.3, 0.4) is 0 Å². The van der Waals surface area contributed by atoms with Crippen LogP contribution in [-0.2, 0) is 4.74 Å². The van der Waals surface area contributed by atoms with E-state index >= 15 is 0 Å². The number of ether oxygens (including phenoxy) is 1. The lowest BCUT2D eigenvalue weighted by atomic mass is 9.87. The summed E-state index contributed by atoms with van der Waals surface area (Å²) in [5.41, 5.74) is 0.395. The molecule has 0 saturated carbocycles. The van der Waals surface area contributed by atoms with Gasteiger partial charge in [0.05, 0.1) is 6.61 Å². The van der Waals surface area contributed by atoms with Crippen LogP contribution in [0.25, 0.3) is 0 Å². The van der Waals surface area contributed by atoms with E-state index < -0.39 is 0 Å². The van der Waals surface area contributed by atoms with Gasteiger partial charge >= 0.3 is 0 Å². The molecule has 0 bridgehead atoms. The SMILES string of the molecule is CN=C(NCC(C)N1CCC(C)CC1)N1CCC2(CCOC2)C1. The van der Waals surface area contributed by atoms with Gasteiger partial charge in [0.15, 0.2) is 5.96 Å². The Morgan fingerprint density at radius 3 is 2.74 bits per heavy atom. The van der Waals surface area contributed by atoms with Crippen LogP contribution in [0.1, 0.15) is 39.5 Å². The van der Waals surface area contributed by atoms with E-state index in [2.05, 4.69) is 34.0 Å². The average Bonchev–Trinajstić information content (AvgIpc) is 3.19. The molecule has 2 atom stereocenters. The van der Waals surface area contributed by atoms with Crippen molar-refractivity contribution in [3.63, 3.8) is 0 Å². The summed E-state index contributed by atoms with van der Waals surface area (Å²) in [5, 5.41) is 3.62. The fourth-order valence-electron chi connectivity index (χ4n) is 4.26. The standard InChI is InChI=1S/C18H34N4O/c1-15-4-8-21(9-5-15)16(2)12-20-17(19-3)22-10-6-18(13-22)7-11-23-14-18/h15-16H,4-14H2,1-3H3,(H,19,20). The first-order valence-corrected chi connectivity index (χ1v) is 9.39. The van der Waals surface area contributed by atoms with Gasteiger partial charge in [-0.25, -0.2) is 0 Å². The molecule has 1 spiro atoms. The Balaban J connectivity index is 1.46. The zero-order valence-electron chi connectivity index (χ0n) is 15.2. The lowest BCUT2D eigenvalue weighted by Gasteiger charge is -2.35. The smallest absolute Gasteiger partial charge is 0.193 e. The molecule has 0 aromatic rings. The number of hydrogen-bond donors (Lipinski definition) is 1. The van der Waals surface area contributed by atoms with E-state index in [4.69, 9.17) is 4.74 Å². The molecular weight excluding hydrogens is 288 g/mol. The van der Waals surface area contributed by atoms with Crippen LogP contribution in [0.15, 0.2) is 4.99 Å². The topological polar surface area (TPSA) is 40.1 Å². The molecule has 0 radical (unpaired) electrons. The number of hydrogen-bond acceptors (Lipinski definition) is 3. The van der Waals surface area contributed by atoms with Crippen LogP contribution < -0.4 is 5.32 Å². The highest BCUT2D eigenvalue weighted by Crippen LogP contribution is 2.38. The minimum atomic E-state index is 0.395. The maximum absolute atomic E-state index is 5.64. The monoisotopic (exact) mass is 322 g/mol. The van der Waals surface area contributed by atoms with Crippen molar-refractivity contribution in [2.24, 2.45) is 16.3 Å².